The molecule has 19 heavy (non-hydrogen) atoms. The number of benzene rings is 1. The summed E-state index contributed by atoms with van der Waals surface area (Å²) in [5, 5.41) is 0.175. The van der Waals surface area contributed by atoms with Gasteiger partial charge in [-0.2, -0.15) is 0 Å². The molecule has 0 bridgehead atoms. The molecule has 3 unspecified atom stereocenters. The maximum absolute atomic E-state index is 13.3. The van der Waals surface area contributed by atoms with Gasteiger partial charge >= 0.3 is 0 Å². The van der Waals surface area contributed by atoms with E-state index in [0.29, 0.717) is 12.6 Å². The Hall–Kier alpha value is -0.640. The first-order valence-electron chi connectivity index (χ1n) is 6.93. The smallest absolute Gasteiger partial charge is 0.141 e. The van der Waals surface area contributed by atoms with Crippen molar-refractivity contribution >= 4 is 11.6 Å². The highest BCUT2D eigenvalue weighted by atomic mass is 35.5. The summed E-state index contributed by atoms with van der Waals surface area (Å²) < 4.78 is 13.3. The topological polar surface area (TPSA) is 29.3 Å². The third-order valence-electron chi connectivity index (χ3n) is 4.14. The Morgan fingerprint density at radius 2 is 2.21 bits per heavy atom. The fourth-order valence-corrected chi connectivity index (χ4v) is 3.26. The van der Waals surface area contributed by atoms with Crippen LogP contribution in [0.25, 0.3) is 0 Å². The van der Waals surface area contributed by atoms with E-state index in [0.717, 1.165) is 18.0 Å². The second kappa shape index (κ2) is 6.21. The summed E-state index contributed by atoms with van der Waals surface area (Å²) >= 11 is 5.88. The first-order chi connectivity index (χ1) is 9.02. The van der Waals surface area contributed by atoms with Crippen molar-refractivity contribution in [2.24, 2.45) is 11.7 Å². The zero-order chi connectivity index (χ0) is 14.0. The first kappa shape index (κ1) is 14.8. The summed E-state index contributed by atoms with van der Waals surface area (Å²) in [7, 11) is 0. The molecule has 0 saturated carbocycles. The molecule has 1 heterocycles. The molecule has 2 rings (SSSR count). The largest absolute Gasteiger partial charge is 0.329 e. The van der Waals surface area contributed by atoms with E-state index in [-0.39, 0.29) is 16.9 Å². The molecule has 0 aliphatic carbocycles. The Balaban J connectivity index is 2.21. The van der Waals surface area contributed by atoms with E-state index in [1.807, 2.05) is 0 Å². The number of nitrogens with zero attached hydrogens (tertiary/aromatic N) is 1. The van der Waals surface area contributed by atoms with Crippen molar-refractivity contribution in [2.75, 3.05) is 13.1 Å². The molecule has 1 aromatic carbocycles. The van der Waals surface area contributed by atoms with Crippen molar-refractivity contribution in [3.8, 4) is 0 Å². The highest BCUT2D eigenvalue weighted by molar-refractivity contribution is 6.30. The zero-order valence-electron chi connectivity index (χ0n) is 11.6. The van der Waals surface area contributed by atoms with Gasteiger partial charge in [-0.15, -0.1) is 0 Å². The van der Waals surface area contributed by atoms with Crippen LogP contribution in [0, 0.1) is 11.7 Å². The Morgan fingerprint density at radius 1 is 1.47 bits per heavy atom. The van der Waals surface area contributed by atoms with Crippen molar-refractivity contribution < 1.29 is 4.39 Å². The summed E-state index contributed by atoms with van der Waals surface area (Å²) in [5.41, 5.74) is 6.95. The molecular weight excluding hydrogens is 263 g/mol. The summed E-state index contributed by atoms with van der Waals surface area (Å²) in [6.45, 7) is 6.10. The number of hydrogen-bond donors (Lipinski definition) is 1. The van der Waals surface area contributed by atoms with Gasteiger partial charge in [0.25, 0.3) is 0 Å². The lowest BCUT2D eigenvalue weighted by molar-refractivity contribution is 0.0847. The second-order valence-electron chi connectivity index (χ2n) is 5.64. The van der Waals surface area contributed by atoms with E-state index in [1.54, 1.807) is 12.1 Å². The van der Waals surface area contributed by atoms with E-state index in [1.165, 1.54) is 18.9 Å². The average Bonchev–Trinajstić information content (AvgIpc) is 2.37. The van der Waals surface area contributed by atoms with Crippen LogP contribution in [0.3, 0.4) is 0 Å². The van der Waals surface area contributed by atoms with Gasteiger partial charge in [0, 0.05) is 18.6 Å². The van der Waals surface area contributed by atoms with E-state index in [4.69, 9.17) is 17.3 Å². The number of piperidine rings is 1. The zero-order valence-corrected chi connectivity index (χ0v) is 12.3. The van der Waals surface area contributed by atoms with E-state index >= 15 is 0 Å². The van der Waals surface area contributed by atoms with Crippen LogP contribution in [0.2, 0.25) is 5.02 Å². The molecule has 2 N–H and O–H groups in total. The van der Waals surface area contributed by atoms with Crippen LogP contribution in [0.15, 0.2) is 18.2 Å². The predicted octanol–water partition coefficient (Wildman–Crippen LogP) is 3.60. The Kier molecular flexibility index (Phi) is 4.82. The lowest BCUT2D eigenvalue weighted by Gasteiger charge is -2.41. The van der Waals surface area contributed by atoms with Crippen LogP contribution in [0.1, 0.15) is 38.3 Å². The highest BCUT2D eigenvalue weighted by Crippen LogP contribution is 2.31. The second-order valence-corrected chi connectivity index (χ2v) is 6.05. The predicted molar refractivity (Wildman–Crippen MR) is 77.8 cm³/mol. The lowest BCUT2D eigenvalue weighted by Crippen LogP contribution is -2.44. The monoisotopic (exact) mass is 284 g/mol. The number of nitrogens with two attached hydrogens (primary N) is 1. The number of halogens is 2. The molecule has 0 spiro atoms. The highest BCUT2D eigenvalue weighted by Gasteiger charge is 2.29. The minimum Gasteiger partial charge on any atom is -0.329 e. The average molecular weight is 285 g/mol. The van der Waals surface area contributed by atoms with Crippen LogP contribution in [0.5, 0.6) is 0 Å². The molecule has 4 heteroatoms. The van der Waals surface area contributed by atoms with Crippen LogP contribution in [-0.2, 0) is 0 Å². The fourth-order valence-electron chi connectivity index (χ4n) is 3.07. The summed E-state index contributed by atoms with van der Waals surface area (Å²) in [5.74, 6) is 0.392. The lowest BCUT2D eigenvalue weighted by atomic mass is 9.90. The molecule has 1 saturated heterocycles. The fraction of sp³-hybridized carbons (Fsp3) is 0.600. The molecule has 0 radical (unpaired) electrons. The molecule has 0 aromatic heterocycles. The molecule has 1 fully saturated rings. The minimum absolute atomic E-state index is 0.126. The standard InChI is InChI=1S/C15H22ClFN2/c1-10-5-6-19(11(2)7-10)15(9-18)12-3-4-14(17)13(16)8-12/h3-4,8,10-11,15H,5-7,9,18H2,1-2H3. The van der Waals surface area contributed by atoms with Crippen molar-refractivity contribution in [3.63, 3.8) is 0 Å². The van der Waals surface area contributed by atoms with Crippen LogP contribution < -0.4 is 5.73 Å². The maximum atomic E-state index is 13.3. The molecule has 3 atom stereocenters. The molecule has 0 amide bonds. The molecule has 106 valence electrons. The quantitative estimate of drug-likeness (QED) is 0.919. The van der Waals surface area contributed by atoms with Crippen LogP contribution in [0.4, 0.5) is 4.39 Å². The van der Waals surface area contributed by atoms with Gasteiger partial charge in [-0.1, -0.05) is 24.6 Å². The Labute approximate surface area is 119 Å². The van der Waals surface area contributed by atoms with Gasteiger partial charge in [0.05, 0.1) is 5.02 Å². The van der Waals surface area contributed by atoms with Crippen molar-refractivity contribution in [3.05, 3.63) is 34.6 Å². The summed E-state index contributed by atoms with van der Waals surface area (Å²) in [6, 6.07) is 5.56. The molecule has 1 aromatic rings. The normalized spacial score (nSPS) is 26.4. The summed E-state index contributed by atoms with van der Waals surface area (Å²) in [4.78, 5) is 2.42. The number of likely N-dealkylation sites (tertiary alicyclic amines) is 1. The van der Waals surface area contributed by atoms with Gasteiger partial charge in [0.2, 0.25) is 0 Å². The van der Waals surface area contributed by atoms with Crippen molar-refractivity contribution in [1.29, 1.82) is 0 Å². The van der Waals surface area contributed by atoms with E-state index < -0.39 is 0 Å². The van der Waals surface area contributed by atoms with E-state index in [9.17, 15) is 4.39 Å². The van der Waals surface area contributed by atoms with Crippen molar-refractivity contribution in [2.45, 2.75) is 38.8 Å². The van der Waals surface area contributed by atoms with Gasteiger partial charge in [0.15, 0.2) is 0 Å². The van der Waals surface area contributed by atoms with Gasteiger partial charge < -0.3 is 5.73 Å². The first-order valence-corrected chi connectivity index (χ1v) is 7.31. The molecule has 2 nitrogen and oxygen atoms in total. The third kappa shape index (κ3) is 3.28. The summed E-state index contributed by atoms with van der Waals surface area (Å²) in [6.07, 6.45) is 2.38. The molecule has 1 aliphatic heterocycles. The van der Waals surface area contributed by atoms with Gasteiger partial charge in [0.1, 0.15) is 5.82 Å². The third-order valence-corrected chi connectivity index (χ3v) is 4.43. The van der Waals surface area contributed by atoms with E-state index in [2.05, 4.69) is 18.7 Å². The molecular formula is C15H22ClFN2. The van der Waals surface area contributed by atoms with Crippen molar-refractivity contribution in [1.82, 2.24) is 4.90 Å². The minimum atomic E-state index is -0.374. The maximum Gasteiger partial charge on any atom is 0.141 e. The number of rotatable bonds is 3. The SMILES string of the molecule is CC1CCN(C(CN)c2ccc(F)c(Cl)c2)C(C)C1. The molecule has 1 aliphatic rings. The van der Waals surface area contributed by atoms with Gasteiger partial charge in [-0.25, -0.2) is 4.39 Å². The van der Waals surface area contributed by atoms with Gasteiger partial charge in [-0.3, -0.25) is 4.90 Å². The Morgan fingerprint density at radius 3 is 2.79 bits per heavy atom. The van der Waals surface area contributed by atoms with Gasteiger partial charge in [-0.05, 0) is 49.9 Å². The number of hydrogen-bond acceptors (Lipinski definition) is 2. The van der Waals surface area contributed by atoms with Crippen LogP contribution >= 0.6 is 11.6 Å². The Bertz CT molecular complexity index is 438. The van der Waals surface area contributed by atoms with Crippen LogP contribution in [-0.4, -0.2) is 24.0 Å².